The van der Waals surface area contributed by atoms with Gasteiger partial charge in [-0.15, -0.1) is 0 Å². The van der Waals surface area contributed by atoms with E-state index < -0.39 is 0 Å². The third kappa shape index (κ3) is 2.53. The fourth-order valence-corrected chi connectivity index (χ4v) is 3.27. The molecule has 3 heteroatoms. The minimum Gasteiger partial charge on any atom is -0.378 e. The minimum absolute atomic E-state index is 0.280. The van der Waals surface area contributed by atoms with E-state index in [0.717, 1.165) is 22.7 Å². The van der Waals surface area contributed by atoms with Gasteiger partial charge < -0.3 is 5.32 Å². The van der Waals surface area contributed by atoms with Crippen molar-refractivity contribution < 1.29 is 0 Å². The number of hydrogen-bond donors (Lipinski definition) is 1. The second-order valence-corrected chi connectivity index (χ2v) is 6.48. The topological polar surface area (TPSA) is 12.0 Å². The minimum atomic E-state index is 0.280. The van der Waals surface area contributed by atoms with E-state index in [1.807, 2.05) is 12.1 Å². The molecule has 0 aromatic heterocycles. The summed E-state index contributed by atoms with van der Waals surface area (Å²) in [5, 5.41) is 4.94. The van der Waals surface area contributed by atoms with Crippen molar-refractivity contribution in [3.63, 3.8) is 0 Å². The third-order valence-corrected chi connectivity index (χ3v) is 4.46. The van der Waals surface area contributed by atoms with E-state index in [4.69, 9.17) is 23.2 Å². The number of benzene rings is 2. The van der Waals surface area contributed by atoms with Crippen LogP contribution in [0.4, 0.5) is 5.69 Å². The van der Waals surface area contributed by atoms with Crippen LogP contribution < -0.4 is 5.32 Å². The van der Waals surface area contributed by atoms with Gasteiger partial charge in [0.25, 0.3) is 0 Å². The van der Waals surface area contributed by atoms with E-state index in [1.54, 1.807) is 0 Å². The lowest BCUT2D eigenvalue weighted by Gasteiger charge is -2.13. The van der Waals surface area contributed by atoms with Gasteiger partial charge in [0, 0.05) is 22.2 Å². The molecule has 1 unspecified atom stereocenters. The normalized spacial score (nSPS) is 17.1. The highest BCUT2D eigenvalue weighted by molar-refractivity contribution is 6.35. The molecule has 0 aliphatic carbocycles. The molecule has 0 saturated carbocycles. The van der Waals surface area contributed by atoms with Crippen LogP contribution in [-0.4, -0.2) is 0 Å². The van der Waals surface area contributed by atoms with Crippen molar-refractivity contribution in [3.8, 4) is 0 Å². The van der Waals surface area contributed by atoms with Crippen LogP contribution in [0.15, 0.2) is 36.4 Å². The summed E-state index contributed by atoms with van der Waals surface area (Å²) in [4.78, 5) is 0. The summed E-state index contributed by atoms with van der Waals surface area (Å²) >= 11 is 12.3. The molecule has 2 aromatic rings. The molecule has 1 N–H and O–H groups in total. The highest BCUT2D eigenvalue weighted by Crippen LogP contribution is 2.40. The molecule has 0 spiro atoms. The van der Waals surface area contributed by atoms with Gasteiger partial charge in [-0.2, -0.15) is 0 Å². The Morgan fingerprint density at radius 3 is 2.45 bits per heavy atom. The van der Waals surface area contributed by atoms with Crippen LogP contribution in [0.25, 0.3) is 0 Å². The third-order valence-electron chi connectivity index (χ3n) is 3.90. The Morgan fingerprint density at radius 2 is 1.80 bits per heavy atom. The molecular weight excluding hydrogens is 289 g/mol. The largest absolute Gasteiger partial charge is 0.378 e. The van der Waals surface area contributed by atoms with Gasteiger partial charge in [-0.05, 0) is 34.7 Å². The van der Waals surface area contributed by atoms with Crippen molar-refractivity contribution >= 4 is 28.9 Å². The van der Waals surface area contributed by atoms with Crippen LogP contribution in [0.5, 0.6) is 0 Å². The van der Waals surface area contributed by atoms with Crippen molar-refractivity contribution in [2.45, 2.75) is 32.2 Å². The molecule has 3 rings (SSSR count). The molecule has 0 bridgehead atoms. The molecule has 1 nitrogen and oxygen atoms in total. The fourth-order valence-electron chi connectivity index (χ4n) is 2.70. The summed E-state index contributed by atoms with van der Waals surface area (Å²) in [6, 6.07) is 12.9. The molecule has 1 atom stereocenters. The van der Waals surface area contributed by atoms with Gasteiger partial charge in [-0.3, -0.25) is 0 Å². The molecule has 0 amide bonds. The Kier molecular flexibility index (Phi) is 3.66. The predicted octanol–water partition coefficient (Wildman–Crippen LogP) is 5.83. The number of fused-ring (bicyclic) bond motifs is 1. The van der Waals surface area contributed by atoms with Gasteiger partial charge in [0.2, 0.25) is 0 Å². The van der Waals surface area contributed by atoms with E-state index in [1.165, 1.54) is 11.1 Å². The molecule has 0 saturated heterocycles. The molecule has 1 aliphatic rings. The van der Waals surface area contributed by atoms with Crippen molar-refractivity contribution in [1.82, 2.24) is 0 Å². The van der Waals surface area contributed by atoms with Gasteiger partial charge in [0.1, 0.15) is 0 Å². The zero-order chi connectivity index (χ0) is 14.3. The van der Waals surface area contributed by atoms with E-state index in [0.29, 0.717) is 10.9 Å². The van der Waals surface area contributed by atoms with Crippen LogP contribution in [0.2, 0.25) is 10.0 Å². The quantitative estimate of drug-likeness (QED) is 0.736. The van der Waals surface area contributed by atoms with Gasteiger partial charge in [-0.25, -0.2) is 0 Å². The molecule has 1 heterocycles. The first-order valence-electron chi connectivity index (χ1n) is 6.89. The monoisotopic (exact) mass is 305 g/mol. The lowest BCUT2D eigenvalue weighted by molar-refractivity contribution is 0.816. The van der Waals surface area contributed by atoms with E-state index in [-0.39, 0.29) is 6.04 Å². The van der Waals surface area contributed by atoms with Crippen LogP contribution >= 0.6 is 23.2 Å². The number of rotatable bonds is 2. The Balaban J connectivity index is 1.86. The Bertz CT molecular complexity index is 632. The van der Waals surface area contributed by atoms with E-state index >= 15 is 0 Å². The summed E-state index contributed by atoms with van der Waals surface area (Å²) in [5.74, 6) is 0.561. The first-order chi connectivity index (χ1) is 9.54. The maximum absolute atomic E-state index is 6.27. The summed E-state index contributed by atoms with van der Waals surface area (Å²) in [6.07, 6.45) is 0.909. The molecule has 1 aliphatic heterocycles. The average molecular weight is 306 g/mol. The van der Waals surface area contributed by atoms with Crippen molar-refractivity contribution in [2.24, 2.45) is 0 Å². The molecular formula is C17H17Cl2N. The molecule has 0 fully saturated rings. The SMILES string of the molecule is CC(C)c1ccc(C2Cc3c(Cl)cc(Cl)cc3N2)cc1. The lowest BCUT2D eigenvalue weighted by atomic mass is 9.98. The highest BCUT2D eigenvalue weighted by atomic mass is 35.5. The first-order valence-corrected chi connectivity index (χ1v) is 7.64. The first kappa shape index (κ1) is 13.8. The summed E-state index contributed by atoms with van der Waals surface area (Å²) in [5.41, 5.74) is 4.87. The van der Waals surface area contributed by atoms with Crippen LogP contribution in [0.1, 0.15) is 42.5 Å². The van der Waals surface area contributed by atoms with E-state index in [2.05, 4.69) is 43.4 Å². The van der Waals surface area contributed by atoms with Crippen molar-refractivity contribution in [3.05, 3.63) is 63.1 Å². The van der Waals surface area contributed by atoms with Gasteiger partial charge in [-0.1, -0.05) is 61.3 Å². The van der Waals surface area contributed by atoms with Gasteiger partial charge in [0.05, 0.1) is 6.04 Å². The van der Waals surface area contributed by atoms with Crippen LogP contribution in [0.3, 0.4) is 0 Å². The molecule has 2 aromatic carbocycles. The van der Waals surface area contributed by atoms with Gasteiger partial charge in [0.15, 0.2) is 0 Å². The summed E-state index contributed by atoms with van der Waals surface area (Å²) in [7, 11) is 0. The Morgan fingerprint density at radius 1 is 1.10 bits per heavy atom. The number of anilines is 1. The Labute approximate surface area is 129 Å². The summed E-state index contributed by atoms with van der Waals surface area (Å²) < 4.78 is 0. The Hall–Kier alpha value is -1.18. The van der Waals surface area contributed by atoms with Crippen molar-refractivity contribution in [2.75, 3.05) is 5.32 Å². The zero-order valence-electron chi connectivity index (χ0n) is 11.6. The molecule has 20 heavy (non-hydrogen) atoms. The van der Waals surface area contributed by atoms with Crippen molar-refractivity contribution in [1.29, 1.82) is 0 Å². The second-order valence-electron chi connectivity index (χ2n) is 5.64. The smallest absolute Gasteiger partial charge is 0.0555 e. The van der Waals surface area contributed by atoms with Crippen LogP contribution in [-0.2, 0) is 6.42 Å². The highest BCUT2D eigenvalue weighted by Gasteiger charge is 2.24. The summed E-state index contributed by atoms with van der Waals surface area (Å²) in [6.45, 7) is 4.42. The second kappa shape index (κ2) is 5.31. The predicted molar refractivity (Wildman–Crippen MR) is 87.1 cm³/mol. The number of hydrogen-bond acceptors (Lipinski definition) is 1. The van der Waals surface area contributed by atoms with Gasteiger partial charge >= 0.3 is 0 Å². The lowest BCUT2D eigenvalue weighted by Crippen LogP contribution is -2.05. The van der Waals surface area contributed by atoms with Crippen LogP contribution in [0, 0.1) is 0 Å². The zero-order valence-corrected chi connectivity index (χ0v) is 13.1. The molecule has 0 radical (unpaired) electrons. The number of nitrogens with one attached hydrogen (secondary N) is 1. The molecule has 104 valence electrons. The number of halogens is 2. The standard InChI is InChI=1S/C17H17Cl2N/c1-10(2)11-3-5-12(6-4-11)16-9-14-15(19)7-13(18)8-17(14)20-16/h3-8,10,16,20H,9H2,1-2H3. The fraction of sp³-hybridized carbons (Fsp3) is 0.294. The average Bonchev–Trinajstić information content (AvgIpc) is 2.83. The maximum atomic E-state index is 6.27. The maximum Gasteiger partial charge on any atom is 0.0555 e. The van der Waals surface area contributed by atoms with E-state index in [9.17, 15) is 0 Å².